The number of hydrogen-bond acceptors (Lipinski definition) is 2. The molecule has 0 N–H and O–H groups in total. The van der Waals surface area contributed by atoms with Gasteiger partial charge in [0, 0.05) is 17.5 Å². The molecule has 0 amide bonds. The monoisotopic (exact) mass is 402 g/mol. The maximum atomic E-state index is 5.17. The molecule has 7 rings (SSSR count). The molecule has 0 saturated heterocycles. The highest BCUT2D eigenvalue weighted by molar-refractivity contribution is 6.04. The first-order valence-electron chi connectivity index (χ1n) is 12.7. The summed E-state index contributed by atoms with van der Waals surface area (Å²) in [5, 5.41) is 0. The van der Waals surface area contributed by atoms with Gasteiger partial charge in [-0.2, -0.15) is 0 Å². The lowest BCUT2D eigenvalue weighted by atomic mass is 9.62. The SMILES string of the molecule is C=CC1(C)CC(CCC2=C3CC3C3C(=C2)N=C(C)N=C3C2C[C@H]3CCCC2CC3)C1. The van der Waals surface area contributed by atoms with Crippen molar-refractivity contribution in [3.8, 4) is 0 Å². The predicted molar refractivity (Wildman–Crippen MR) is 126 cm³/mol. The second-order valence-corrected chi connectivity index (χ2v) is 11.8. The van der Waals surface area contributed by atoms with Gasteiger partial charge in [0.1, 0.15) is 5.84 Å². The van der Waals surface area contributed by atoms with Crippen molar-refractivity contribution in [2.45, 2.75) is 84.5 Å². The smallest absolute Gasteiger partial charge is 0.125 e. The molecule has 5 saturated carbocycles. The summed E-state index contributed by atoms with van der Waals surface area (Å²) in [5.41, 5.74) is 6.72. The Bertz CT molecular complexity index is 874. The van der Waals surface area contributed by atoms with Crippen LogP contribution in [0.5, 0.6) is 0 Å². The van der Waals surface area contributed by atoms with E-state index in [0.29, 0.717) is 11.3 Å². The van der Waals surface area contributed by atoms with Gasteiger partial charge in [-0.1, -0.05) is 37.8 Å². The van der Waals surface area contributed by atoms with Gasteiger partial charge >= 0.3 is 0 Å². The second kappa shape index (κ2) is 7.04. The zero-order chi connectivity index (χ0) is 20.5. The van der Waals surface area contributed by atoms with Crippen molar-refractivity contribution in [2.75, 3.05) is 0 Å². The standard InChI is InChI=1S/C28H38N2/c1-4-28(3)15-19(16-28)9-11-21-13-25-26(24-14-22(21)24)27(30-17(2)29-25)23-12-18-6-5-7-20(23)10-8-18/h4,13,18-20,23-24,26H,1,5-12,14-16H2,2-3H3/t18-,19?,20?,23?,24?,26?,28?/m0/s1. The Kier molecular flexibility index (Phi) is 4.52. The lowest BCUT2D eigenvalue weighted by Gasteiger charge is -2.43. The van der Waals surface area contributed by atoms with Crippen LogP contribution in [-0.4, -0.2) is 11.5 Å². The molecule has 0 aromatic carbocycles. The highest BCUT2D eigenvalue weighted by Gasteiger charge is 2.50. The van der Waals surface area contributed by atoms with Crippen LogP contribution >= 0.6 is 0 Å². The maximum absolute atomic E-state index is 5.17. The summed E-state index contributed by atoms with van der Waals surface area (Å²) >= 11 is 0. The average Bonchev–Trinajstić information content (AvgIpc) is 3.54. The summed E-state index contributed by atoms with van der Waals surface area (Å²) < 4.78 is 0. The Morgan fingerprint density at radius 3 is 2.83 bits per heavy atom. The summed E-state index contributed by atoms with van der Waals surface area (Å²) in [6.07, 6.45) is 19.9. The summed E-state index contributed by atoms with van der Waals surface area (Å²) in [7, 11) is 0. The molecule has 0 aromatic heterocycles. The van der Waals surface area contributed by atoms with Crippen molar-refractivity contribution < 1.29 is 0 Å². The number of aliphatic imine (C=N–C) groups is 2. The Hall–Kier alpha value is -1.44. The van der Waals surface area contributed by atoms with E-state index >= 15 is 0 Å². The van der Waals surface area contributed by atoms with Gasteiger partial charge in [-0.15, -0.1) is 6.58 Å². The predicted octanol–water partition coefficient (Wildman–Crippen LogP) is 7.29. The third-order valence-corrected chi connectivity index (χ3v) is 9.58. The minimum Gasteiger partial charge on any atom is -0.242 e. The van der Waals surface area contributed by atoms with Crippen molar-refractivity contribution in [2.24, 2.45) is 50.9 Å². The van der Waals surface area contributed by atoms with Crippen LogP contribution in [0.3, 0.4) is 0 Å². The minimum absolute atomic E-state index is 0.412. The van der Waals surface area contributed by atoms with Crippen LogP contribution in [0.4, 0.5) is 0 Å². The molecule has 1 heterocycles. The van der Waals surface area contributed by atoms with E-state index < -0.39 is 0 Å². The number of nitrogens with zero attached hydrogens (tertiary/aromatic N) is 2. The van der Waals surface area contributed by atoms with Crippen molar-refractivity contribution in [1.29, 1.82) is 0 Å². The molecule has 2 bridgehead atoms. The minimum atomic E-state index is 0.412. The third-order valence-electron chi connectivity index (χ3n) is 9.58. The Morgan fingerprint density at radius 1 is 1.13 bits per heavy atom. The molecule has 2 nitrogen and oxygen atoms in total. The Morgan fingerprint density at radius 2 is 2.00 bits per heavy atom. The molecule has 5 fully saturated rings. The van der Waals surface area contributed by atoms with E-state index in [2.05, 4.69) is 32.6 Å². The zero-order valence-electron chi connectivity index (χ0n) is 19.0. The van der Waals surface area contributed by atoms with Crippen LogP contribution in [0.1, 0.15) is 84.5 Å². The van der Waals surface area contributed by atoms with Crippen LogP contribution in [-0.2, 0) is 0 Å². The molecule has 6 aliphatic carbocycles. The van der Waals surface area contributed by atoms with E-state index in [4.69, 9.17) is 9.98 Å². The quantitative estimate of drug-likeness (QED) is 0.431. The van der Waals surface area contributed by atoms with Gasteiger partial charge in [-0.05, 0) is 99.0 Å². The van der Waals surface area contributed by atoms with Crippen LogP contribution in [0, 0.1) is 40.9 Å². The first kappa shape index (κ1) is 19.3. The molecule has 4 unspecified atom stereocenters. The molecule has 0 spiro atoms. The summed E-state index contributed by atoms with van der Waals surface area (Å²) in [4.78, 5) is 10.2. The summed E-state index contributed by atoms with van der Waals surface area (Å²) in [6, 6.07) is 0. The van der Waals surface area contributed by atoms with E-state index in [-0.39, 0.29) is 0 Å². The molecular weight excluding hydrogens is 364 g/mol. The fourth-order valence-corrected chi connectivity index (χ4v) is 7.86. The zero-order valence-corrected chi connectivity index (χ0v) is 19.0. The molecule has 0 aromatic rings. The van der Waals surface area contributed by atoms with Gasteiger partial charge in [0.25, 0.3) is 0 Å². The number of hydrogen-bond donors (Lipinski definition) is 0. The number of rotatable bonds is 5. The lowest BCUT2D eigenvalue weighted by Crippen LogP contribution is -2.37. The van der Waals surface area contributed by atoms with Crippen LogP contribution in [0.2, 0.25) is 0 Å². The lowest BCUT2D eigenvalue weighted by molar-refractivity contribution is 0.122. The van der Waals surface area contributed by atoms with Crippen molar-refractivity contribution in [1.82, 2.24) is 0 Å². The first-order valence-corrected chi connectivity index (χ1v) is 12.7. The molecule has 7 aliphatic rings. The third kappa shape index (κ3) is 3.21. The fraction of sp³-hybridized carbons (Fsp3) is 0.714. The molecule has 5 atom stereocenters. The van der Waals surface area contributed by atoms with Crippen molar-refractivity contribution in [3.63, 3.8) is 0 Å². The normalized spacial score (nSPS) is 44.1. The largest absolute Gasteiger partial charge is 0.242 e. The van der Waals surface area contributed by atoms with Crippen LogP contribution in [0.25, 0.3) is 0 Å². The first-order chi connectivity index (χ1) is 14.5. The maximum Gasteiger partial charge on any atom is 0.125 e. The van der Waals surface area contributed by atoms with E-state index in [0.717, 1.165) is 35.4 Å². The molecule has 0 radical (unpaired) electrons. The van der Waals surface area contributed by atoms with Gasteiger partial charge < -0.3 is 0 Å². The van der Waals surface area contributed by atoms with Crippen LogP contribution in [0.15, 0.2) is 45.6 Å². The molecular formula is C28H38N2. The number of allylic oxidation sites excluding steroid dienone is 5. The topological polar surface area (TPSA) is 24.7 Å². The molecule has 160 valence electrons. The second-order valence-electron chi connectivity index (χ2n) is 11.8. The van der Waals surface area contributed by atoms with Gasteiger partial charge in [0.15, 0.2) is 0 Å². The number of amidine groups is 1. The van der Waals surface area contributed by atoms with E-state index in [1.165, 1.54) is 76.3 Å². The van der Waals surface area contributed by atoms with Crippen molar-refractivity contribution >= 4 is 11.5 Å². The molecule has 2 heteroatoms. The highest BCUT2D eigenvalue weighted by Crippen LogP contribution is 2.57. The van der Waals surface area contributed by atoms with Gasteiger partial charge in [0.2, 0.25) is 0 Å². The average molecular weight is 403 g/mol. The van der Waals surface area contributed by atoms with E-state index in [1.807, 2.05) is 0 Å². The van der Waals surface area contributed by atoms with Gasteiger partial charge in [-0.3, -0.25) is 0 Å². The van der Waals surface area contributed by atoms with Crippen molar-refractivity contribution in [3.05, 3.63) is 35.6 Å². The summed E-state index contributed by atoms with van der Waals surface area (Å²) in [6.45, 7) is 8.52. The van der Waals surface area contributed by atoms with Gasteiger partial charge in [-0.25, -0.2) is 9.98 Å². The molecule has 30 heavy (non-hydrogen) atoms. The van der Waals surface area contributed by atoms with E-state index in [9.17, 15) is 0 Å². The molecule has 1 aliphatic heterocycles. The Labute approximate surface area is 182 Å². The Balaban J connectivity index is 1.20. The van der Waals surface area contributed by atoms with Crippen LogP contribution < -0.4 is 0 Å². The van der Waals surface area contributed by atoms with E-state index in [1.54, 1.807) is 16.9 Å². The van der Waals surface area contributed by atoms with Gasteiger partial charge in [0.05, 0.1) is 5.70 Å². The fourth-order valence-electron chi connectivity index (χ4n) is 7.86. The highest BCUT2D eigenvalue weighted by atomic mass is 15.0. The number of fused-ring (bicyclic) bond motifs is 7. The summed E-state index contributed by atoms with van der Waals surface area (Å²) in [5.74, 6) is 5.74.